The zero-order chi connectivity index (χ0) is 13.1. The van der Waals surface area contributed by atoms with Gasteiger partial charge in [0.05, 0.1) is 23.0 Å². The Bertz CT molecular complexity index is 630. The zero-order valence-electron chi connectivity index (χ0n) is 9.67. The van der Waals surface area contributed by atoms with Crippen LogP contribution < -0.4 is 5.32 Å². The van der Waals surface area contributed by atoms with Crippen LogP contribution in [-0.2, 0) is 0 Å². The first-order valence-electron chi connectivity index (χ1n) is 5.33. The molecule has 0 aliphatic rings. The van der Waals surface area contributed by atoms with Gasteiger partial charge in [0.15, 0.2) is 0 Å². The third-order valence-corrected chi connectivity index (χ3v) is 3.84. The fourth-order valence-electron chi connectivity index (χ4n) is 1.57. The van der Waals surface area contributed by atoms with Crippen LogP contribution in [0.1, 0.15) is 11.1 Å². The lowest BCUT2D eigenvalue weighted by molar-refractivity contribution is 1.42. The van der Waals surface area contributed by atoms with Crippen molar-refractivity contribution in [2.45, 2.75) is 6.92 Å². The maximum absolute atomic E-state index is 8.82. The van der Waals surface area contributed by atoms with Crippen molar-refractivity contribution in [3.8, 4) is 6.07 Å². The minimum atomic E-state index is 0.635. The Balaban J connectivity index is 2.34. The summed E-state index contributed by atoms with van der Waals surface area (Å²) in [6.45, 7) is 2.05. The maximum atomic E-state index is 8.82. The summed E-state index contributed by atoms with van der Waals surface area (Å²) in [7, 11) is 0. The van der Waals surface area contributed by atoms with E-state index in [-0.39, 0.29) is 0 Å². The number of hydrogen-bond acceptors (Lipinski definition) is 2. The molecular weight excluding hydrogens is 356 g/mol. The lowest BCUT2D eigenvalue weighted by Crippen LogP contribution is -1.93. The molecule has 0 aromatic heterocycles. The number of hydrogen-bond donors (Lipinski definition) is 1. The van der Waals surface area contributed by atoms with Crippen molar-refractivity contribution in [1.29, 1.82) is 5.26 Å². The Kier molecular flexibility index (Phi) is 4.05. The first-order valence-corrected chi connectivity index (χ1v) is 6.91. The number of halogens is 2. The fraction of sp³-hybridized carbons (Fsp3) is 0.0714. The van der Waals surface area contributed by atoms with Crippen molar-refractivity contribution >= 4 is 43.2 Å². The van der Waals surface area contributed by atoms with E-state index in [0.717, 1.165) is 20.3 Å². The van der Waals surface area contributed by atoms with Crippen LogP contribution in [-0.4, -0.2) is 0 Å². The summed E-state index contributed by atoms with van der Waals surface area (Å²) in [5.41, 5.74) is 3.75. The molecule has 2 rings (SSSR count). The van der Waals surface area contributed by atoms with Gasteiger partial charge in [0.1, 0.15) is 0 Å². The molecular formula is C14H10Br2N2. The Morgan fingerprint density at radius 1 is 1.00 bits per heavy atom. The summed E-state index contributed by atoms with van der Waals surface area (Å²) in [5.74, 6) is 0. The van der Waals surface area contributed by atoms with E-state index in [1.807, 2.05) is 25.1 Å². The van der Waals surface area contributed by atoms with Gasteiger partial charge >= 0.3 is 0 Å². The Morgan fingerprint density at radius 3 is 2.44 bits per heavy atom. The molecule has 0 fully saturated rings. The van der Waals surface area contributed by atoms with E-state index in [9.17, 15) is 0 Å². The van der Waals surface area contributed by atoms with Crippen LogP contribution in [0.25, 0.3) is 0 Å². The summed E-state index contributed by atoms with van der Waals surface area (Å²) in [6.07, 6.45) is 0. The van der Waals surface area contributed by atoms with Gasteiger partial charge in [-0.2, -0.15) is 5.26 Å². The van der Waals surface area contributed by atoms with E-state index >= 15 is 0 Å². The summed E-state index contributed by atoms with van der Waals surface area (Å²) < 4.78 is 1.87. The number of rotatable bonds is 2. The molecule has 0 saturated carbocycles. The van der Waals surface area contributed by atoms with Crippen molar-refractivity contribution in [3.05, 3.63) is 56.5 Å². The predicted molar refractivity (Wildman–Crippen MR) is 81.0 cm³/mol. The third-order valence-electron chi connectivity index (χ3n) is 2.49. The van der Waals surface area contributed by atoms with Crippen molar-refractivity contribution < 1.29 is 0 Å². The first kappa shape index (κ1) is 13.1. The second kappa shape index (κ2) is 5.55. The molecule has 4 heteroatoms. The van der Waals surface area contributed by atoms with Gasteiger partial charge in [-0.25, -0.2) is 0 Å². The van der Waals surface area contributed by atoms with E-state index in [0.29, 0.717) is 5.56 Å². The molecule has 0 atom stereocenters. The van der Waals surface area contributed by atoms with Crippen molar-refractivity contribution in [2.24, 2.45) is 0 Å². The van der Waals surface area contributed by atoms with Crippen molar-refractivity contribution in [3.63, 3.8) is 0 Å². The van der Waals surface area contributed by atoms with Gasteiger partial charge in [0.2, 0.25) is 0 Å². The molecule has 0 aliphatic heterocycles. The van der Waals surface area contributed by atoms with Gasteiger partial charge in [-0.1, -0.05) is 6.07 Å². The van der Waals surface area contributed by atoms with E-state index in [4.69, 9.17) is 5.26 Å². The molecule has 0 aliphatic carbocycles. The quantitative estimate of drug-likeness (QED) is 0.800. The van der Waals surface area contributed by atoms with Crippen LogP contribution in [0.4, 0.5) is 11.4 Å². The van der Waals surface area contributed by atoms with Crippen LogP contribution in [0.15, 0.2) is 45.3 Å². The van der Waals surface area contributed by atoms with E-state index in [2.05, 4.69) is 49.3 Å². The molecule has 0 amide bonds. The molecule has 2 aromatic rings. The average molecular weight is 366 g/mol. The minimum Gasteiger partial charge on any atom is -0.354 e. The summed E-state index contributed by atoms with van der Waals surface area (Å²) in [4.78, 5) is 0. The normalized spacial score (nSPS) is 9.89. The lowest BCUT2D eigenvalue weighted by atomic mass is 10.2. The number of nitriles is 1. The monoisotopic (exact) mass is 364 g/mol. The second-order valence-corrected chi connectivity index (χ2v) is 5.62. The number of aryl methyl sites for hydroxylation is 1. The lowest BCUT2D eigenvalue weighted by Gasteiger charge is -2.11. The molecule has 1 N–H and O–H groups in total. The maximum Gasteiger partial charge on any atom is 0.0992 e. The second-order valence-electron chi connectivity index (χ2n) is 3.91. The molecule has 2 nitrogen and oxygen atoms in total. The smallest absolute Gasteiger partial charge is 0.0992 e. The van der Waals surface area contributed by atoms with Gasteiger partial charge in [0.25, 0.3) is 0 Å². The predicted octanol–water partition coefficient (Wildman–Crippen LogP) is 5.14. The summed E-state index contributed by atoms with van der Waals surface area (Å²) in [6, 6.07) is 13.7. The number of anilines is 2. The van der Waals surface area contributed by atoms with Crippen LogP contribution in [0.2, 0.25) is 0 Å². The highest BCUT2D eigenvalue weighted by Crippen LogP contribution is 2.31. The van der Waals surface area contributed by atoms with E-state index in [1.165, 1.54) is 5.56 Å². The van der Waals surface area contributed by atoms with Crippen LogP contribution in [0.5, 0.6) is 0 Å². The van der Waals surface area contributed by atoms with Crippen molar-refractivity contribution in [2.75, 3.05) is 5.32 Å². The van der Waals surface area contributed by atoms with Crippen LogP contribution in [0, 0.1) is 18.3 Å². The zero-order valence-corrected chi connectivity index (χ0v) is 12.8. The highest BCUT2D eigenvalue weighted by molar-refractivity contribution is 9.11. The number of nitrogens with zero attached hydrogens (tertiary/aromatic N) is 1. The number of nitrogens with one attached hydrogen (secondary N) is 1. The van der Waals surface area contributed by atoms with Gasteiger partial charge in [-0.05, 0) is 74.7 Å². The highest BCUT2D eigenvalue weighted by atomic mass is 79.9. The first-order chi connectivity index (χ1) is 8.60. The van der Waals surface area contributed by atoms with Gasteiger partial charge in [-0.3, -0.25) is 0 Å². The SMILES string of the molecule is Cc1ccc(Br)c(Nc2ccc(C#N)cc2Br)c1. The van der Waals surface area contributed by atoms with Gasteiger partial charge in [0, 0.05) is 8.95 Å². The Hall–Kier alpha value is -1.31. The molecule has 90 valence electrons. The molecule has 0 unspecified atom stereocenters. The van der Waals surface area contributed by atoms with Crippen LogP contribution >= 0.6 is 31.9 Å². The molecule has 0 radical (unpaired) electrons. The molecule has 2 aromatic carbocycles. The molecule has 0 saturated heterocycles. The standard InChI is InChI=1S/C14H10Br2N2/c1-9-2-4-11(15)14(6-9)18-13-5-3-10(8-17)7-12(13)16/h2-7,18H,1H3. The highest BCUT2D eigenvalue weighted by Gasteiger charge is 2.04. The van der Waals surface area contributed by atoms with E-state index < -0.39 is 0 Å². The summed E-state index contributed by atoms with van der Waals surface area (Å²) in [5, 5.41) is 12.2. The summed E-state index contributed by atoms with van der Waals surface area (Å²) >= 11 is 6.97. The number of benzene rings is 2. The fourth-order valence-corrected chi connectivity index (χ4v) is 2.39. The molecule has 0 bridgehead atoms. The average Bonchev–Trinajstić information content (AvgIpc) is 2.36. The van der Waals surface area contributed by atoms with Crippen LogP contribution in [0.3, 0.4) is 0 Å². The van der Waals surface area contributed by atoms with Gasteiger partial charge < -0.3 is 5.32 Å². The molecule has 0 heterocycles. The third kappa shape index (κ3) is 2.92. The Morgan fingerprint density at radius 2 is 1.78 bits per heavy atom. The largest absolute Gasteiger partial charge is 0.354 e. The van der Waals surface area contributed by atoms with Crippen molar-refractivity contribution in [1.82, 2.24) is 0 Å². The Labute approximate surface area is 123 Å². The minimum absolute atomic E-state index is 0.635. The topological polar surface area (TPSA) is 35.8 Å². The molecule has 18 heavy (non-hydrogen) atoms. The molecule has 0 spiro atoms. The van der Waals surface area contributed by atoms with E-state index in [1.54, 1.807) is 12.1 Å². The van der Waals surface area contributed by atoms with Gasteiger partial charge in [-0.15, -0.1) is 0 Å².